The lowest BCUT2D eigenvalue weighted by atomic mass is 10.00. The number of imidazole rings is 1. The average Bonchev–Trinajstić information content (AvgIpc) is 3.19. The van der Waals surface area contributed by atoms with Crippen molar-refractivity contribution in [3.8, 4) is 0 Å². The summed E-state index contributed by atoms with van der Waals surface area (Å²) in [5.74, 6) is 0.0184. The Labute approximate surface area is 156 Å². The molecule has 2 aromatic rings. The fourth-order valence-corrected chi connectivity index (χ4v) is 3.76. The van der Waals surface area contributed by atoms with Gasteiger partial charge in [0.05, 0.1) is 6.33 Å². The highest BCUT2D eigenvalue weighted by atomic mass is 16.1. The summed E-state index contributed by atoms with van der Waals surface area (Å²) in [7, 11) is 0. The number of aromatic nitrogens is 2. The number of amides is 1. The van der Waals surface area contributed by atoms with Gasteiger partial charge in [0.2, 0.25) is 0 Å². The molecule has 1 aromatic heterocycles. The fourth-order valence-electron chi connectivity index (χ4n) is 3.76. The standard InChI is InChI=1S/C21H30N4O/c1-2-20-6-3-4-13-25(20)14-5-11-23-21(26)19-9-7-18(8-10-19)16-24-15-12-22-17-24/h7-10,12,15,17,20H,2-6,11,13-14,16H2,1H3,(H,23,26). The maximum Gasteiger partial charge on any atom is 0.251 e. The highest BCUT2D eigenvalue weighted by Gasteiger charge is 2.19. The predicted octanol–water partition coefficient (Wildman–Crippen LogP) is 3.32. The minimum absolute atomic E-state index is 0.0184. The van der Waals surface area contributed by atoms with E-state index in [4.69, 9.17) is 0 Å². The summed E-state index contributed by atoms with van der Waals surface area (Å²) in [6.07, 6.45) is 11.8. The van der Waals surface area contributed by atoms with Gasteiger partial charge in [-0.05, 0) is 49.9 Å². The molecule has 0 radical (unpaired) electrons. The van der Waals surface area contributed by atoms with Crippen molar-refractivity contribution in [2.24, 2.45) is 0 Å². The molecule has 1 N–H and O–H groups in total. The quantitative estimate of drug-likeness (QED) is 0.740. The van der Waals surface area contributed by atoms with E-state index < -0.39 is 0 Å². The minimum atomic E-state index is 0.0184. The second-order valence-electron chi connectivity index (χ2n) is 7.14. The first-order valence-electron chi connectivity index (χ1n) is 9.83. The Morgan fingerprint density at radius 3 is 2.85 bits per heavy atom. The van der Waals surface area contributed by atoms with E-state index in [1.165, 1.54) is 32.2 Å². The Morgan fingerprint density at radius 2 is 2.12 bits per heavy atom. The van der Waals surface area contributed by atoms with Crippen LogP contribution in [0.2, 0.25) is 0 Å². The van der Waals surface area contributed by atoms with Gasteiger partial charge in [-0.1, -0.05) is 25.5 Å². The Kier molecular flexibility index (Phi) is 6.83. The molecular weight excluding hydrogens is 324 g/mol. The van der Waals surface area contributed by atoms with Crippen molar-refractivity contribution in [3.05, 3.63) is 54.1 Å². The fraction of sp³-hybridized carbons (Fsp3) is 0.524. The zero-order chi connectivity index (χ0) is 18.2. The number of nitrogens with one attached hydrogen (secondary N) is 1. The number of piperidine rings is 1. The molecule has 0 saturated carbocycles. The third-order valence-corrected chi connectivity index (χ3v) is 5.27. The monoisotopic (exact) mass is 354 g/mol. The number of hydrogen-bond acceptors (Lipinski definition) is 3. The van der Waals surface area contributed by atoms with Gasteiger partial charge in [0.15, 0.2) is 0 Å². The number of benzene rings is 1. The molecule has 140 valence electrons. The van der Waals surface area contributed by atoms with Crippen LogP contribution in [0.15, 0.2) is 43.0 Å². The zero-order valence-electron chi connectivity index (χ0n) is 15.7. The lowest BCUT2D eigenvalue weighted by Crippen LogP contribution is -2.40. The molecule has 1 fully saturated rings. The summed E-state index contributed by atoms with van der Waals surface area (Å²) < 4.78 is 2.01. The van der Waals surface area contributed by atoms with Crippen LogP contribution in [0.25, 0.3) is 0 Å². The molecule has 1 aromatic carbocycles. The number of likely N-dealkylation sites (tertiary alicyclic amines) is 1. The summed E-state index contributed by atoms with van der Waals surface area (Å²) in [6.45, 7) is 6.09. The van der Waals surface area contributed by atoms with Crippen molar-refractivity contribution in [1.82, 2.24) is 19.8 Å². The Bertz CT molecular complexity index is 666. The van der Waals surface area contributed by atoms with Gasteiger partial charge < -0.3 is 14.8 Å². The number of carbonyl (C=O) groups excluding carboxylic acids is 1. The topological polar surface area (TPSA) is 50.2 Å². The lowest BCUT2D eigenvalue weighted by Gasteiger charge is -2.35. The van der Waals surface area contributed by atoms with Crippen molar-refractivity contribution in [2.75, 3.05) is 19.6 Å². The summed E-state index contributed by atoms with van der Waals surface area (Å²) in [5, 5.41) is 3.06. The molecule has 1 amide bonds. The van der Waals surface area contributed by atoms with Gasteiger partial charge in [0.1, 0.15) is 0 Å². The minimum Gasteiger partial charge on any atom is -0.352 e. The van der Waals surface area contributed by atoms with Crippen molar-refractivity contribution in [2.45, 2.75) is 51.6 Å². The number of nitrogens with zero attached hydrogens (tertiary/aromatic N) is 3. The molecule has 5 heteroatoms. The largest absolute Gasteiger partial charge is 0.352 e. The third kappa shape index (κ3) is 5.18. The van der Waals surface area contributed by atoms with Crippen molar-refractivity contribution >= 4 is 5.91 Å². The Morgan fingerprint density at radius 1 is 1.27 bits per heavy atom. The van der Waals surface area contributed by atoms with E-state index in [-0.39, 0.29) is 5.91 Å². The molecule has 2 heterocycles. The normalized spacial score (nSPS) is 18.0. The highest BCUT2D eigenvalue weighted by Crippen LogP contribution is 2.19. The van der Waals surface area contributed by atoms with Crippen LogP contribution in [0.3, 0.4) is 0 Å². The van der Waals surface area contributed by atoms with Crippen LogP contribution in [0.5, 0.6) is 0 Å². The van der Waals surface area contributed by atoms with E-state index in [0.29, 0.717) is 0 Å². The van der Waals surface area contributed by atoms with Crippen LogP contribution in [-0.4, -0.2) is 46.0 Å². The molecule has 26 heavy (non-hydrogen) atoms. The summed E-state index contributed by atoms with van der Waals surface area (Å²) in [4.78, 5) is 18.9. The van der Waals surface area contributed by atoms with Gasteiger partial charge in [-0.15, -0.1) is 0 Å². The highest BCUT2D eigenvalue weighted by molar-refractivity contribution is 5.94. The molecule has 1 atom stereocenters. The van der Waals surface area contributed by atoms with Gasteiger partial charge in [-0.25, -0.2) is 4.98 Å². The SMILES string of the molecule is CCC1CCCCN1CCCNC(=O)c1ccc(Cn2ccnc2)cc1. The summed E-state index contributed by atoms with van der Waals surface area (Å²) >= 11 is 0. The average molecular weight is 354 g/mol. The number of carbonyl (C=O) groups is 1. The molecule has 3 rings (SSSR count). The van der Waals surface area contributed by atoms with Crippen LogP contribution in [-0.2, 0) is 6.54 Å². The van der Waals surface area contributed by atoms with E-state index >= 15 is 0 Å². The summed E-state index contributed by atoms with van der Waals surface area (Å²) in [6, 6.07) is 8.56. The van der Waals surface area contributed by atoms with Gasteiger partial charge >= 0.3 is 0 Å². The predicted molar refractivity (Wildman–Crippen MR) is 104 cm³/mol. The van der Waals surface area contributed by atoms with Crippen LogP contribution in [0.4, 0.5) is 0 Å². The van der Waals surface area contributed by atoms with Crippen LogP contribution >= 0.6 is 0 Å². The van der Waals surface area contributed by atoms with Gasteiger partial charge in [-0.2, -0.15) is 0 Å². The van der Waals surface area contributed by atoms with E-state index in [1.807, 2.05) is 35.0 Å². The van der Waals surface area contributed by atoms with Crippen molar-refractivity contribution in [1.29, 1.82) is 0 Å². The van der Waals surface area contributed by atoms with Crippen LogP contribution in [0, 0.1) is 0 Å². The van der Waals surface area contributed by atoms with Gasteiger partial charge in [0, 0.05) is 43.6 Å². The van der Waals surface area contributed by atoms with E-state index in [9.17, 15) is 4.79 Å². The lowest BCUT2D eigenvalue weighted by molar-refractivity contribution is 0.0947. The maximum absolute atomic E-state index is 12.3. The molecule has 1 aliphatic rings. The van der Waals surface area contributed by atoms with Crippen LogP contribution in [0.1, 0.15) is 54.9 Å². The Balaban J connectivity index is 1.40. The zero-order valence-corrected chi connectivity index (χ0v) is 15.7. The first kappa shape index (κ1) is 18.6. The first-order valence-corrected chi connectivity index (χ1v) is 9.83. The second-order valence-corrected chi connectivity index (χ2v) is 7.14. The van der Waals surface area contributed by atoms with Gasteiger partial charge in [-0.3, -0.25) is 4.79 Å². The number of hydrogen-bond donors (Lipinski definition) is 1. The van der Waals surface area contributed by atoms with E-state index in [1.54, 1.807) is 12.5 Å². The molecule has 1 unspecified atom stereocenters. The molecule has 5 nitrogen and oxygen atoms in total. The van der Waals surface area contributed by atoms with Crippen LogP contribution < -0.4 is 5.32 Å². The Hall–Kier alpha value is -2.14. The molecule has 0 spiro atoms. The molecule has 0 aliphatic carbocycles. The van der Waals surface area contributed by atoms with E-state index in [0.717, 1.165) is 43.2 Å². The molecule has 1 aliphatic heterocycles. The molecule has 1 saturated heterocycles. The van der Waals surface area contributed by atoms with E-state index in [2.05, 4.69) is 22.1 Å². The first-order chi connectivity index (χ1) is 12.8. The summed E-state index contributed by atoms with van der Waals surface area (Å²) in [5.41, 5.74) is 1.89. The smallest absolute Gasteiger partial charge is 0.251 e. The maximum atomic E-state index is 12.3. The molecular formula is C21H30N4O. The second kappa shape index (κ2) is 9.53. The van der Waals surface area contributed by atoms with Crippen molar-refractivity contribution in [3.63, 3.8) is 0 Å². The van der Waals surface area contributed by atoms with Crippen molar-refractivity contribution < 1.29 is 4.79 Å². The third-order valence-electron chi connectivity index (χ3n) is 5.27. The number of rotatable bonds is 8. The van der Waals surface area contributed by atoms with Gasteiger partial charge in [0.25, 0.3) is 5.91 Å². The molecule has 0 bridgehead atoms.